The molecule has 0 aliphatic heterocycles. The summed E-state index contributed by atoms with van der Waals surface area (Å²) >= 11 is 0. The lowest BCUT2D eigenvalue weighted by atomic mass is 9.75. The minimum absolute atomic E-state index is 0.172. The first-order valence-electron chi connectivity index (χ1n) is 7.65. The molecular weight excluding hydrogens is 220 g/mol. The number of ketones is 1. The fourth-order valence-corrected chi connectivity index (χ4v) is 3.23. The van der Waals surface area contributed by atoms with E-state index in [4.69, 9.17) is 0 Å². The molecule has 2 unspecified atom stereocenters. The smallest absolute Gasteiger partial charge is 0.165 e. The fraction of sp³-hybridized carbons (Fsp3) is 0.706. The molecule has 1 fully saturated rings. The molecule has 0 N–H and O–H groups in total. The molecule has 2 aliphatic carbocycles. The van der Waals surface area contributed by atoms with Gasteiger partial charge in [-0.3, -0.25) is 4.79 Å². The molecule has 2 aliphatic rings. The van der Waals surface area contributed by atoms with Crippen LogP contribution >= 0.6 is 0 Å². The molecule has 2 atom stereocenters. The maximum atomic E-state index is 12.2. The van der Waals surface area contributed by atoms with E-state index in [9.17, 15) is 4.79 Å². The Morgan fingerprint density at radius 3 is 2.72 bits per heavy atom. The average Bonchev–Trinajstić information content (AvgIpc) is 2.46. The van der Waals surface area contributed by atoms with Crippen molar-refractivity contribution in [3.05, 3.63) is 23.8 Å². The van der Waals surface area contributed by atoms with E-state index >= 15 is 0 Å². The van der Waals surface area contributed by atoms with Crippen LogP contribution in [-0.4, -0.2) is 5.78 Å². The molecular formula is C17H26O. The molecule has 1 heteroatoms. The second kappa shape index (κ2) is 6.36. The number of Topliss-reactive ketones (excluding diaryl/α,β-unsaturated/α-hetero) is 1. The normalized spacial score (nSPS) is 26.8. The van der Waals surface area contributed by atoms with Gasteiger partial charge in [-0.15, -0.1) is 0 Å². The van der Waals surface area contributed by atoms with Gasteiger partial charge in [-0.05, 0) is 37.5 Å². The van der Waals surface area contributed by atoms with Crippen LogP contribution in [0.1, 0.15) is 58.8 Å². The van der Waals surface area contributed by atoms with E-state index in [2.05, 4.69) is 19.1 Å². The van der Waals surface area contributed by atoms with Crippen LogP contribution < -0.4 is 0 Å². The van der Waals surface area contributed by atoms with Gasteiger partial charge in [0.2, 0.25) is 0 Å². The van der Waals surface area contributed by atoms with E-state index in [1.165, 1.54) is 32.1 Å². The quantitative estimate of drug-likeness (QED) is 0.703. The maximum absolute atomic E-state index is 12.2. The summed E-state index contributed by atoms with van der Waals surface area (Å²) in [5, 5.41) is 0. The maximum Gasteiger partial charge on any atom is 0.165 e. The summed E-state index contributed by atoms with van der Waals surface area (Å²) in [6, 6.07) is 0. The zero-order valence-electron chi connectivity index (χ0n) is 11.8. The first-order valence-corrected chi connectivity index (χ1v) is 7.65. The van der Waals surface area contributed by atoms with E-state index in [-0.39, 0.29) is 5.92 Å². The summed E-state index contributed by atoms with van der Waals surface area (Å²) in [6.07, 6.45) is 15.5. The van der Waals surface area contributed by atoms with Gasteiger partial charge in [0.05, 0.1) is 0 Å². The van der Waals surface area contributed by atoms with Crippen molar-refractivity contribution in [1.82, 2.24) is 0 Å². The molecule has 0 aromatic carbocycles. The number of rotatable bonds is 4. The molecule has 0 amide bonds. The lowest BCUT2D eigenvalue weighted by molar-refractivity contribution is -0.118. The highest BCUT2D eigenvalue weighted by Crippen LogP contribution is 2.35. The van der Waals surface area contributed by atoms with E-state index in [1.807, 2.05) is 13.0 Å². The van der Waals surface area contributed by atoms with Crippen LogP contribution in [0.4, 0.5) is 0 Å². The fourth-order valence-electron chi connectivity index (χ4n) is 3.23. The van der Waals surface area contributed by atoms with Crippen LogP contribution in [0.15, 0.2) is 23.8 Å². The van der Waals surface area contributed by atoms with E-state index in [1.54, 1.807) is 0 Å². The van der Waals surface area contributed by atoms with Crippen LogP contribution in [0.25, 0.3) is 0 Å². The number of allylic oxidation sites excluding steroid dienone is 4. The third kappa shape index (κ3) is 3.13. The monoisotopic (exact) mass is 246 g/mol. The predicted octanol–water partition coefficient (Wildman–Crippen LogP) is 4.68. The highest BCUT2D eigenvalue weighted by molar-refractivity contribution is 5.99. The number of hydrogen-bond acceptors (Lipinski definition) is 1. The summed E-state index contributed by atoms with van der Waals surface area (Å²) in [5.41, 5.74) is 0.978. The van der Waals surface area contributed by atoms with Gasteiger partial charge in [0.25, 0.3) is 0 Å². The molecule has 0 heterocycles. The first kappa shape index (κ1) is 13.6. The number of carbonyl (C=O) groups excluding carboxylic acids is 1. The Kier molecular flexibility index (Phi) is 4.79. The van der Waals surface area contributed by atoms with Gasteiger partial charge in [0.15, 0.2) is 5.78 Å². The molecule has 0 spiro atoms. The Morgan fingerprint density at radius 1 is 1.33 bits per heavy atom. The van der Waals surface area contributed by atoms with Crippen LogP contribution in [0.5, 0.6) is 0 Å². The minimum atomic E-state index is 0.172. The van der Waals surface area contributed by atoms with Gasteiger partial charge in [-0.1, -0.05) is 51.3 Å². The van der Waals surface area contributed by atoms with Crippen LogP contribution in [0.2, 0.25) is 0 Å². The SMILES string of the molecule is CCC(C)C(=O)C1=CC(C2CCCCC2)CC=C1. The van der Waals surface area contributed by atoms with Gasteiger partial charge in [0, 0.05) is 11.5 Å². The topological polar surface area (TPSA) is 17.1 Å². The molecule has 0 bridgehead atoms. The van der Waals surface area contributed by atoms with Crippen molar-refractivity contribution in [1.29, 1.82) is 0 Å². The largest absolute Gasteiger partial charge is 0.294 e. The van der Waals surface area contributed by atoms with Crippen LogP contribution in [-0.2, 0) is 4.79 Å². The van der Waals surface area contributed by atoms with E-state index < -0.39 is 0 Å². The molecule has 0 saturated heterocycles. The summed E-state index contributed by atoms with van der Waals surface area (Å²) in [5.74, 6) is 1.96. The lowest BCUT2D eigenvalue weighted by Gasteiger charge is -2.29. The summed E-state index contributed by atoms with van der Waals surface area (Å²) < 4.78 is 0. The molecule has 0 aromatic heterocycles. The Hall–Kier alpha value is -0.850. The average molecular weight is 246 g/mol. The summed E-state index contributed by atoms with van der Waals surface area (Å²) in [7, 11) is 0. The van der Waals surface area contributed by atoms with Crippen molar-refractivity contribution in [3.63, 3.8) is 0 Å². The molecule has 0 aromatic rings. The summed E-state index contributed by atoms with van der Waals surface area (Å²) in [4.78, 5) is 12.2. The zero-order chi connectivity index (χ0) is 13.0. The third-order valence-electron chi connectivity index (χ3n) is 4.70. The molecule has 1 saturated carbocycles. The highest BCUT2D eigenvalue weighted by Gasteiger charge is 2.25. The molecule has 100 valence electrons. The highest BCUT2D eigenvalue weighted by atomic mass is 16.1. The minimum Gasteiger partial charge on any atom is -0.294 e. The second-order valence-corrected chi connectivity index (χ2v) is 6.00. The van der Waals surface area contributed by atoms with Crippen molar-refractivity contribution in [2.24, 2.45) is 17.8 Å². The number of carbonyl (C=O) groups is 1. The van der Waals surface area contributed by atoms with Gasteiger partial charge in [-0.25, -0.2) is 0 Å². The number of hydrogen-bond donors (Lipinski definition) is 0. The Labute approximate surface area is 111 Å². The molecule has 18 heavy (non-hydrogen) atoms. The van der Waals surface area contributed by atoms with Crippen molar-refractivity contribution in [2.75, 3.05) is 0 Å². The third-order valence-corrected chi connectivity index (χ3v) is 4.70. The zero-order valence-corrected chi connectivity index (χ0v) is 11.8. The Morgan fingerprint density at radius 2 is 2.06 bits per heavy atom. The lowest BCUT2D eigenvalue weighted by Crippen LogP contribution is -2.20. The van der Waals surface area contributed by atoms with E-state index in [0.29, 0.717) is 11.7 Å². The van der Waals surface area contributed by atoms with Gasteiger partial charge in [0.1, 0.15) is 0 Å². The van der Waals surface area contributed by atoms with Crippen molar-refractivity contribution < 1.29 is 4.79 Å². The van der Waals surface area contributed by atoms with Crippen molar-refractivity contribution >= 4 is 5.78 Å². The molecule has 1 nitrogen and oxygen atoms in total. The van der Waals surface area contributed by atoms with Gasteiger partial charge in [-0.2, -0.15) is 0 Å². The first-order chi connectivity index (χ1) is 8.72. The molecule has 0 radical (unpaired) electrons. The van der Waals surface area contributed by atoms with Crippen LogP contribution in [0.3, 0.4) is 0 Å². The Bertz CT molecular complexity index is 345. The Balaban J connectivity index is 2.04. The van der Waals surface area contributed by atoms with Crippen LogP contribution in [0, 0.1) is 17.8 Å². The summed E-state index contributed by atoms with van der Waals surface area (Å²) in [6.45, 7) is 4.13. The van der Waals surface area contributed by atoms with Gasteiger partial charge < -0.3 is 0 Å². The van der Waals surface area contributed by atoms with E-state index in [0.717, 1.165) is 24.3 Å². The van der Waals surface area contributed by atoms with Crippen molar-refractivity contribution in [3.8, 4) is 0 Å². The molecule has 2 rings (SSSR count). The predicted molar refractivity (Wildman–Crippen MR) is 76.4 cm³/mol. The van der Waals surface area contributed by atoms with Crippen molar-refractivity contribution in [2.45, 2.75) is 58.8 Å². The standard InChI is InChI=1S/C17H26O/c1-3-13(2)17(18)16-11-7-10-15(12-16)14-8-5-4-6-9-14/h7,11-15H,3-6,8-10H2,1-2H3. The van der Waals surface area contributed by atoms with Gasteiger partial charge >= 0.3 is 0 Å². The second-order valence-electron chi connectivity index (χ2n) is 6.00.